The molecule has 21 heavy (non-hydrogen) atoms. The Kier molecular flexibility index (Phi) is 4.94. The number of methoxy groups -OCH3 is 1. The molecule has 5 nitrogen and oxygen atoms in total. The summed E-state index contributed by atoms with van der Waals surface area (Å²) in [5.41, 5.74) is 1.40. The molecule has 0 atom stereocenters. The zero-order chi connectivity index (χ0) is 15.1. The standard InChI is InChI=1S/C15H16N2O3S/c1-20-15-10-6-5-9-14(15)11-16-17-21(18,19)12-13-7-3-2-4-8-13/h2-11,17H,12H2,1H3/b16-11+. The SMILES string of the molecule is COc1ccccc1/C=N/NS(=O)(=O)Cc1ccccc1. The lowest BCUT2D eigenvalue weighted by atomic mass is 10.2. The Morgan fingerprint density at radius 1 is 1.10 bits per heavy atom. The van der Waals surface area contributed by atoms with E-state index in [9.17, 15) is 8.42 Å². The summed E-state index contributed by atoms with van der Waals surface area (Å²) in [6.07, 6.45) is 1.42. The zero-order valence-electron chi connectivity index (χ0n) is 11.6. The van der Waals surface area contributed by atoms with Gasteiger partial charge in [0.05, 0.1) is 19.1 Å². The van der Waals surface area contributed by atoms with Crippen LogP contribution in [-0.4, -0.2) is 21.7 Å². The van der Waals surface area contributed by atoms with Gasteiger partial charge in [-0.1, -0.05) is 42.5 Å². The van der Waals surface area contributed by atoms with Gasteiger partial charge in [-0.05, 0) is 17.7 Å². The summed E-state index contributed by atoms with van der Waals surface area (Å²) in [6.45, 7) is 0. The lowest BCUT2D eigenvalue weighted by molar-refractivity contribution is 0.414. The van der Waals surface area contributed by atoms with Crippen LogP contribution in [0.4, 0.5) is 0 Å². The topological polar surface area (TPSA) is 67.8 Å². The molecular weight excluding hydrogens is 288 g/mol. The summed E-state index contributed by atoms with van der Waals surface area (Å²) in [4.78, 5) is 2.19. The predicted octanol–water partition coefficient (Wildman–Crippen LogP) is 2.15. The molecule has 0 heterocycles. The molecule has 6 heteroatoms. The van der Waals surface area contributed by atoms with Crippen molar-refractivity contribution in [3.63, 3.8) is 0 Å². The number of sulfonamides is 1. The lowest BCUT2D eigenvalue weighted by Crippen LogP contribution is -2.20. The first kappa shape index (κ1) is 15.1. The molecule has 0 radical (unpaired) electrons. The smallest absolute Gasteiger partial charge is 0.251 e. The van der Waals surface area contributed by atoms with Crippen molar-refractivity contribution in [2.75, 3.05) is 7.11 Å². The molecule has 0 amide bonds. The van der Waals surface area contributed by atoms with Crippen molar-refractivity contribution >= 4 is 16.2 Å². The average Bonchev–Trinajstić information content (AvgIpc) is 2.48. The lowest BCUT2D eigenvalue weighted by Gasteiger charge is -2.05. The molecule has 2 aromatic rings. The fourth-order valence-electron chi connectivity index (χ4n) is 1.78. The summed E-state index contributed by atoms with van der Waals surface area (Å²) in [5.74, 6) is 0.514. The van der Waals surface area contributed by atoms with Crippen molar-refractivity contribution in [1.82, 2.24) is 4.83 Å². The molecule has 0 unspecified atom stereocenters. The number of hydrogen-bond acceptors (Lipinski definition) is 4. The molecule has 0 fully saturated rings. The number of nitrogens with one attached hydrogen (secondary N) is 1. The molecule has 1 N–H and O–H groups in total. The van der Waals surface area contributed by atoms with Gasteiger partial charge in [-0.2, -0.15) is 5.10 Å². The average molecular weight is 304 g/mol. The fourth-order valence-corrected chi connectivity index (χ4v) is 2.68. The van der Waals surface area contributed by atoms with Crippen LogP contribution in [0.15, 0.2) is 59.7 Å². The number of benzene rings is 2. The highest BCUT2D eigenvalue weighted by Gasteiger charge is 2.09. The Balaban J connectivity index is 2.03. The van der Waals surface area contributed by atoms with Crippen molar-refractivity contribution in [2.45, 2.75) is 5.75 Å². The van der Waals surface area contributed by atoms with Crippen LogP contribution in [0.3, 0.4) is 0 Å². The molecule has 0 saturated carbocycles. The number of hydrogen-bond donors (Lipinski definition) is 1. The highest BCUT2D eigenvalue weighted by Crippen LogP contribution is 2.14. The molecule has 0 aliphatic carbocycles. The van der Waals surface area contributed by atoms with Crippen molar-refractivity contribution in [3.05, 3.63) is 65.7 Å². The third-order valence-corrected chi connectivity index (χ3v) is 3.83. The van der Waals surface area contributed by atoms with E-state index in [0.29, 0.717) is 16.9 Å². The van der Waals surface area contributed by atoms with Crippen LogP contribution in [0.2, 0.25) is 0 Å². The number of hydrazone groups is 1. The van der Waals surface area contributed by atoms with Crippen LogP contribution in [-0.2, 0) is 15.8 Å². The van der Waals surface area contributed by atoms with Crippen molar-refractivity contribution in [1.29, 1.82) is 0 Å². The minimum absolute atomic E-state index is 0.114. The Morgan fingerprint density at radius 2 is 1.76 bits per heavy atom. The maximum Gasteiger partial charge on any atom is 0.251 e. The van der Waals surface area contributed by atoms with Crippen LogP contribution in [0.1, 0.15) is 11.1 Å². The van der Waals surface area contributed by atoms with Crippen molar-refractivity contribution in [3.8, 4) is 5.75 Å². The summed E-state index contributed by atoms with van der Waals surface area (Å²) < 4.78 is 28.9. The van der Waals surface area contributed by atoms with Gasteiger partial charge < -0.3 is 4.74 Å². The Labute approximate surface area is 124 Å². The highest BCUT2D eigenvalue weighted by molar-refractivity contribution is 7.88. The second-order valence-electron chi connectivity index (χ2n) is 4.34. The molecule has 0 saturated heterocycles. The largest absolute Gasteiger partial charge is 0.496 e. The number of nitrogens with zero attached hydrogens (tertiary/aromatic N) is 1. The van der Waals surface area contributed by atoms with Gasteiger partial charge >= 0.3 is 0 Å². The Morgan fingerprint density at radius 3 is 2.48 bits per heavy atom. The quantitative estimate of drug-likeness (QED) is 0.657. The van der Waals surface area contributed by atoms with Gasteiger partial charge in [0.15, 0.2) is 0 Å². The minimum atomic E-state index is -3.51. The van der Waals surface area contributed by atoms with E-state index in [-0.39, 0.29) is 5.75 Å². The van der Waals surface area contributed by atoms with Crippen LogP contribution in [0, 0.1) is 0 Å². The molecule has 0 bridgehead atoms. The minimum Gasteiger partial charge on any atom is -0.496 e. The van der Waals surface area contributed by atoms with Crippen LogP contribution >= 0.6 is 0 Å². The van der Waals surface area contributed by atoms with E-state index in [1.807, 2.05) is 18.2 Å². The number of para-hydroxylation sites is 1. The summed E-state index contributed by atoms with van der Waals surface area (Å²) in [7, 11) is -1.97. The predicted molar refractivity (Wildman–Crippen MR) is 82.8 cm³/mol. The van der Waals surface area contributed by atoms with E-state index >= 15 is 0 Å². The molecule has 2 rings (SSSR count). The van der Waals surface area contributed by atoms with Crippen LogP contribution < -0.4 is 9.57 Å². The zero-order valence-corrected chi connectivity index (χ0v) is 12.4. The van der Waals surface area contributed by atoms with E-state index in [1.165, 1.54) is 6.21 Å². The van der Waals surface area contributed by atoms with Gasteiger partial charge in [-0.3, -0.25) is 0 Å². The molecule has 0 aromatic heterocycles. The number of ether oxygens (including phenoxy) is 1. The Hall–Kier alpha value is -2.34. The van der Waals surface area contributed by atoms with Gasteiger partial charge in [0.25, 0.3) is 10.0 Å². The number of rotatable bonds is 6. The second kappa shape index (κ2) is 6.90. The van der Waals surface area contributed by atoms with E-state index < -0.39 is 10.0 Å². The third kappa shape index (κ3) is 4.61. The van der Waals surface area contributed by atoms with Crippen molar-refractivity contribution < 1.29 is 13.2 Å². The summed E-state index contributed by atoms with van der Waals surface area (Å²) in [6, 6.07) is 16.1. The van der Waals surface area contributed by atoms with E-state index in [4.69, 9.17) is 4.74 Å². The van der Waals surface area contributed by atoms with Gasteiger partial charge in [-0.15, -0.1) is 0 Å². The third-order valence-electron chi connectivity index (χ3n) is 2.73. The molecule has 0 spiro atoms. The molecule has 0 aliphatic heterocycles. The first-order valence-electron chi connectivity index (χ1n) is 6.30. The summed E-state index contributed by atoms with van der Waals surface area (Å²) in [5, 5.41) is 3.78. The van der Waals surface area contributed by atoms with Crippen LogP contribution in [0.25, 0.3) is 0 Å². The van der Waals surface area contributed by atoms with E-state index in [0.717, 1.165) is 0 Å². The van der Waals surface area contributed by atoms with Gasteiger partial charge in [-0.25, -0.2) is 13.2 Å². The maximum atomic E-state index is 11.9. The molecule has 0 aliphatic rings. The first-order chi connectivity index (χ1) is 10.1. The van der Waals surface area contributed by atoms with E-state index in [1.54, 1.807) is 43.5 Å². The first-order valence-corrected chi connectivity index (χ1v) is 7.95. The van der Waals surface area contributed by atoms with Gasteiger partial charge in [0.2, 0.25) is 0 Å². The van der Waals surface area contributed by atoms with Gasteiger partial charge in [0, 0.05) is 5.56 Å². The van der Waals surface area contributed by atoms with E-state index in [2.05, 4.69) is 9.93 Å². The normalized spacial score (nSPS) is 11.5. The molecule has 110 valence electrons. The van der Waals surface area contributed by atoms with Crippen molar-refractivity contribution in [2.24, 2.45) is 5.10 Å². The maximum absolute atomic E-state index is 11.9. The highest BCUT2D eigenvalue weighted by atomic mass is 32.2. The van der Waals surface area contributed by atoms with Crippen LogP contribution in [0.5, 0.6) is 5.75 Å². The molecular formula is C15H16N2O3S. The second-order valence-corrected chi connectivity index (χ2v) is 6.04. The fraction of sp³-hybridized carbons (Fsp3) is 0.133. The summed E-state index contributed by atoms with van der Waals surface area (Å²) >= 11 is 0. The van der Waals surface area contributed by atoms with Gasteiger partial charge in [0.1, 0.15) is 5.75 Å². The molecule has 2 aromatic carbocycles. The monoisotopic (exact) mass is 304 g/mol. The Bertz CT molecular complexity index is 713.